The van der Waals surface area contributed by atoms with Gasteiger partial charge in [-0.3, -0.25) is 9.59 Å². The highest BCUT2D eigenvalue weighted by molar-refractivity contribution is 5.85. The Morgan fingerprint density at radius 2 is 1.80 bits per heavy atom. The van der Waals surface area contributed by atoms with Crippen molar-refractivity contribution in [1.29, 1.82) is 0 Å². The zero-order valence-corrected chi connectivity index (χ0v) is 5.41. The Morgan fingerprint density at radius 3 is 1.90 bits per heavy atom. The highest BCUT2D eigenvalue weighted by atomic mass is 16.4. The van der Waals surface area contributed by atoms with Gasteiger partial charge in [0.15, 0.2) is 0 Å². The molecule has 0 saturated heterocycles. The first-order valence-corrected chi connectivity index (χ1v) is 3.15. The summed E-state index contributed by atoms with van der Waals surface area (Å²) in [7, 11) is 0. The quantitative estimate of drug-likeness (QED) is 0.551. The highest BCUT2D eigenvalue weighted by Gasteiger charge is 2.40. The van der Waals surface area contributed by atoms with Crippen molar-refractivity contribution in [3.63, 3.8) is 0 Å². The molecule has 0 aromatic carbocycles. The maximum atomic E-state index is 10.5. The molecular weight excluding hydrogens is 134 g/mol. The van der Waals surface area contributed by atoms with Gasteiger partial charge in [-0.1, -0.05) is 0 Å². The average molecular weight is 143 g/mol. The number of rotatable bonds is 2. The van der Waals surface area contributed by atoms with Gasteiger partial charge in [0.05, 0.1) is 11.8 Å². The van der Waals surface area contributed by atoms with Crippen molar-refractivity contribution >= 4 is 11.9 Å². The third-order valence-corrected chi connectivity index (χ3v) is 1.96. The molecule has 0 aromatic rings. The molecule has 1 rings (SSSR count). The van der Waals surface area contributed by atoms with Crippen LogP contribution in [0.1, 0.15) is 12.8 Å². The van der Waals surface area contributed by atoms with Crippen molar-refractivity contribution in [3.05, 3.63) is 0 Å². The summed E-state index contributed by atoms with van der Waals surface area (Å²) >= 11 is 0. The first-order chi connectivity index (χ1) is 4.63. The fraction of sp³-hybridized carbons (Fsp3) is 0.667. The van der Waals surface area contributed by atoms with Gasteiger partial charge in [-0.05, 0) is 12.8 Å². The molecule has 1 amide bonds. The van der Waals surface area contributed by atoms with Crippen LogP contribution in [0.3, 0.4) is 0 Å². The van der Waals surface area contributed by atoms with Crippen LogP contribution < -0.4 is 5.73 Å². The lowest BCUT2D eigenvalue weighted by Gasteiger charge is -2.30. The Labute approximate surface area is 58.0 Å². The lowest BCUT2D eigenvalue weighted by molar-refractivity contribution is -0.151. The molecule has 1 saturated carbocycles. The Balaban J connectivity index is 2.51. The number of hydrogen-bond acceptors (Lipinski definition) is 2. The minimum atomic E-state index is -0.907. The predicted octanol–water partition coefficient (Wildman–Crippen LogP) is -0.418. The molecule has 1 aliphatic carbocycles. The third kappa shape index (κ3) is 0.964. The van der Waals surface area contributed by atoms with Gasteiger partial charge in [-0.15, -0.1) is 0 Å². The standard InChI is InChI=1S/C6H9NO3/c7-5(8)3-1-2-4(3)6(9)10/h3-4H,1-2H2,(H2,7,8)(H,9,10). The van der Waals surface area contributed by atoms with Gasteiger partial charge in [0.1, 0.15) is 0 Å². The average Bonchev–Trinajstić information content (AvgIpc) is 1.56. The van der Waals surface area contributed by atoms with Gasteiger partial charge in [0, 0.05) is 0 Å². The summed E-state index contributed by atoms with van der Waals surface area (Å²) in [5, 5.41) is 8.44. The van der Waals surface area contributed by atoms with E-state index in [1.54, 1.807) is 0 Å². The number of amides is 1. The second kappa shape index (κ2) is 2.28. The van der Waals surface area contributed by atoms with Crippen LogP contribution >= 0.6 is 0 Å². The van der Waals surface area contributed by atoms with E-state index in [1.807, 2.05) is 0 Å². The van der Waals surface area contributed by atoms with Gasteiger partial charge in [-0.2, -0.15) is 0 Å². The van der Waals surface area contributed by atoms with Gasteiger partial charge >= 0.3 is 5.97 Å². The van der Waals surface area contributed by atoms with Gasteiger partial charge < -0.3 is 10.8 Å². The summed E-state index contributed by atoms with van der Waals surface area (Å²) in [6, 6.07) is 0. The third-order valence-electron chi connectivity index (χ3n) is 1.96. The maximum absolute atomic E-state index is 10.5. The molecule has 0 radical (unpaired) electrons. The molecule has 1 fully saturated rings. The van der Waals surface area contributed by atoms with E-state index in [1.165, 1.54) is 0 Å². The van der Waals surface area contributed by atoms with Crippen LogP contribution in [0, 0.1) is 11.8 Å². The van der Waals surface area contributed by atoms with E-state index in [0.717, 1.165) is 0 Å². The summed E-state index contributed by atoms with van der Waals surface area (Å²) in [6.45, 7) is 0. The number of carboxylic acids is 1. The number of aliphatic carboxylic acids is 1. The van der Waals surface area contributed by atoms with E-state index in [9.17, 15) is 9.59 Å². The molecule has 0 heterocycles. The fourth-order valence-corrected chi connectivity index (χ4v) is 1.14. The number of nitrogens with two attached hydrogens (primary N) is 1. The Hall–Kier alpha value is -1.06. The lowest BCUT2D eigenvalue weighted by atomic mass is 9.73. The Morgan fingerprint density at radius 1 is 1.30 bits per heavy atom. The van der Waals surface area contributed by atoms with Crippen molar-refractivity contribution < 1.29 is 14.7 Å². The second-order valence-corrected chi connectivity index (χ2v) is 2.53. The minimum Gasteiger partial charge on any atom is -0.481 e. The zero-order chi connectivity index (χ0) is 7.72. The molecule has 0 bridgehead atoms. The molecule has 2 atom stereocenters. The SMILES string of the molecule is NC(=O)C1CCC1C(=O)O. The van der Waals surface area contributed by atoms with Crippen LogP contribution in [0.15, 0.2) is 0 Å². The van der Waals surface area contributed by atoms with Gasteiger partial charge in [-0.25, -0.2) is 0 Å². The smallest absolute Gasteiger partial charge is 0.307 e. The predicted molar refractivity (Wildman–Crippen MR) is 33.0 cm³/mol. The summed E-state index contributed by atoms with van der Waals surface area (Å²) in [5.41, 5.74) is 4.92. The molecule has 10 heavy (non-hydrogen) atoms. The molecule has 0 spiro atoms. The largest absolute Gasteiger partial charge is 0.481 e. The molecule has 0 aromatic heterocycles. The normalized spacial score (nSPS) is 30.8. The van der Waals surface area contributed by atoms with Crippen LogP contribution in [0.4, 0.5) is 0 Å². The topological polar surface area (TPSA) is 80.4 Å². The number of carboxylic acid groups (broad SMARTS) is 1. The maximum Gasteiger partial charge on any atom is 0.307 e. The number of primary amides is 1. The van der Waals surface area contributed by atoms with E-state index in [-0.39, 0.29) is 0 Å². The Kier molecular flexibility index (Phi) is 1.61. The molecule has 4 nitrogen and oxygen atoms in total. The highest BCUT2D eigenvalue weighted by Crippen LogP contribution is 2.33. The minimum absolute atomic E-state index is 0.419. The fourth-order valence-electron chi connectivity index (χ4n) is 1.14. The van der Waals surface area contributed by atoms with Crippen LogP contribution in [0.2, 0.25) is 0 Å². The number of carbonyl (C=O) groups excluding carboxylic acids is 1. The monoisotopic (exact) mass is 143 g/mol. The van der Waals surface area contributed by atoms with Gasteiger partial charge in [0.2, 0.25) is 5.91 Å². The van der Waals surface area contributed by atoms with Crippen molar-refractivity contribution in [1.82, 2.24) is 0 Å². The summed E-state index contributed by atoms with van der Waals surface area (Å²) < 4.78 is 0. The van der Waals surface area contributed by atoms with Crippen LogP contribution in [0.5, 0.6) is 0 Å². The van der Waals surface area contributed by atoms with Crippen molar-refractivity contribution in [2.75, 3.05) is 0 Å². The Bertz CT molecular complexity index is 158. The molecule has 3 N–H and O–H groups in total. The first kappa shape index (κ1) is 7.05. The molecule has 4 heteroatoms. The van der Waals surface area contributed by atoms with Crippen LogP contribution in [-0.2, 0) is 9.59 Å². The summed E-state index contributed by atoms with van der Waals surface area (Å²) in [4.78, 5) is 20.7. The molecule has 1 aliphatic rings. The van der Waals surface area contributed by atoms with Gasteiger partial charge in [0.25, 0.3) is 0 Å². The summed E-state index contributed by atoms with van der Waals surface area (Å²) in [6.07, 6.45) is 1.22. The molecule has 2 unspecified atom stereocenters. The van der Waals surface area contributed by atoms with E-state index in [2.05, 4.69) is 0 Å². The first-order valence-electron chi connectivity index (χ1n) is 3.15. The zero-order valence-electron chi connectivity index (χ0n) is 5.41. The second-order valence-electron chi connectivity index (χ2n) is 2.53. The van der Waals surface area contributed by atoms with E-state index in [0.29, 0.717) is 12.8 Å². The van der Waals surface area contributed by atoms with E-state index >= 15 is 0 Å². The summed E-state index contributed by atoms with van der Waals surface area (Å²) in [5.74, 6) is -2.33. The molecule has 0 aliphatic heterocycles. The van der Waals surface area contributed by atoms with Crippen LogP contribution in [-0.4, -0.2) is 17.0 Å². The van der Waals surface area contributed by atoms with Crippen molar-refractivity contribution in [3.8, 4) is 0 Å². The number of carbonyl (C=O) groups is 2. The van der Waals surface area contributed by atoms with Crippen LogP contribution in [0.25, 0.3) is 0 Å². The van der Waals surface area contributed by atoms with E-state index in [4.69, 9.17) is 10.8 Å². The molecular formula is C6H9NO3. The van der Waals surface area contributed by atoms with E-state index < -0.39 is 23.7 Å². The lowest BCUT2D eigenvalue weighted by Crippen LogP contribution is -2.41. The number of hydrogen-bond donors (Lipinski definition) is 2. The van der Waals surface area contributed by atoms with Crippen molar-refractivity contribution in [2.45, 2.75) is 12.8 Å². The molecule has 56 valence electrons. The van der Waals surface area contributed by atoms with Crippen molar-refractivity contribution in [2.24, 2.45) is 17.6 Å².